The van der Waals surface area contributed by atoms with Crippen molar-refractivity contribution < 1.29 is 9.53 Å². The van der Waals surface area contributed by atoms with Gasteiger partial charge in [-0.3, -0.25) is 14.4 Å². The van der Waals surface area contributed by atoms with Crippen LogP contribution < -0.4 is 15.4 Å². The van der Waals surface area contributed by atoms with Crippen molar-refractivity contribution in [1.82, 2.24) is 29.6 Å². The number of rotatable bonds is 7. The molecule has 202 valence electrons. The van der Waals surface area contributed by atoms with Gasteiger partial charge >= 0.3 is 0 Å². The molecular weight excluding hydrogens is 504 g/mol. The third-order valence-electron chi connectivity index (χ3n) is 7.16. The summed E-state index contributed by atoms with van der Waals surface area (Å²) in [5, 5.41) is 12.3. The fourth-order valence-electron chi connectivity index (χ4n) is 4.98. The Balaban J connectivity index is 1.18. The Hall–Kier alpha value is -4.83. The van der Waals surface area contributed by atoms with E-state index in [9.17, 15) is 4.79 Å². The third-order valence-corrected chi connectivity index (χ3v) is 7.16. The number of nitrogens with zero attached hydrogens (tertiary/aromatic N) is 6. The zero-order valence-electron chi connectivity index (χ0n) is 22.6. The van der Waals surface area contributed by atoms with E-state index in [1.807, 2.05) is 62.5 Å². The van der Waals surface area contributed by atoms with E-state index in [0.717, 1.165) is 58.3 Å². The second kappa shape index (κ2) is 10.7. The molecule has 10 heteroatoms. The van der Waals surface area contributed by atoms with Gasteiger partial charge in [-0.1, -0.05) is 6.08 Å². The maximum Gasteiger partial charge on any atom is 0.248 e. The quantitative estimate of drug-likeness (QED) is 0.269. The second-order valence-electron chi connectivity index (χ2n) is 10.1. The normalized spacial score (nSPS) is 15.7. The number of pyridine rings is 1. The smallest absolute Gasteiger partial charge is 0.248 e. The lowest BCUT2D eigenvalue weighted by molar-refractivity contribution is -0.111. The number of likely N-dealkylation sites (tertiary alicyclic amines) is 1. The summed E-state index contributed by atoms with van der Waals surface area (Å²) in [4.78, 5) is 28.1. The van der Waals surface area contributed by atoms with Gasteiger partial charge in [0.15, 0.2) is 5.65 Å². The lowest BCUT2D eigenvalue weighted by Crippen LogP contribution is -2.23. The average Bonchev–Trinajstić information content (AvgIpc) is 3.53. The van der Waals surface area contributed by atoms with E-state index in [1.165, 1.54) is 6.33 Å². The highest BCUT2D eigenvalue weighted by Gasteiger charge is 2.18. The molecule has 1 aliphatic heterocycles. The number of hydrogen-bond donors (Lipinski definition) is 2. The van der Waals surface area contributed by atoms with Gasteiger partial charge in [-0.25, -0.2) is 15.0 Å². The Labute approximate surface area is 231 Å². The SMILES string of the molecule is Cc1cc(Nc2ncnc3ccc(NC(=O)/C=C/C4CCCN4C)cc23)ccc1Oc1cnc2c(cnn2C)c1. The first kappa shape index (κ1) is 25.4. The van der Waals surface area contributed by atoms with Crippen LogP contribution in [0.25, 0.3) is 21.9 Å². The Morgan fingerprint density at radius 2 is 1.93 bits per heavy atom. The number of aromatic nitrogens is 5. The lowest BCUT2D eigenvalue weighted by Gasteiger charge is -2.14. The fraction of sp³-hybridized carbons (Fsp3) is 0.233. The topological polar surface area (TPSA) is 110 Å². The molecule has 0 aliphatic carbocycles. The highest BCUT2D eigenvalue weighted by molar-refractivity contribution is 6.02. The number of fused-ring (bicyclic) bond motifs is 2. The van der Waals surface area contributed by atoms with Crippen molar-refractivity contribution in [2.24, 2.45) is 7.05 Å². The van der Waals surface area contributed by atoms with Gasteiger partial charge in [0.1, 0.15) is 23.6 Å². The van der Waals surface area contributed by atoms with Crippen LogP contribution in [0.5, 0.6) is 11.5 Å². The molecule has 0 saturated carbocycles. The Morgan fingerprint density at radius 1 is 1.05 bits per heavy atom. The highest BCUT2D eigenvalue weighted by atomic mass is 16.5. The van der Waals surface area contributed by atoms with Crippen molar-refractivity contribution >= 4 is 45.0 Å². The Bertz CT molecular complexity index is 1750. The minimum Gasteiger partial charge on any atom is -0.455 e. The lowest BCUT2D eigenvalue weighted by atomic mass is 10.1. The highest BCUT2D eigenvalue weighted by Crippen LogP contribution is 2.31. The first-order valence-electron chi connectivity index (χ1n) is 13.2. The van der Waals surface area contributed by atoms with Gasteiger partial charge in [0, 0.05) is 41.3 Å². The number of hydrogen-bond acceptors (Lipinski definition) is 8. The van der Waals surface area contributed by atoms with E-state index in [2.05, 4.69) is 42.6 Å². The number of nitrogens with one attached hydrogen (secondary N) is 2. The van der Waals surface area contributed by atoms with E-state index < -0.39 is 0 Å². The van der Waals surface area contributed by atoms with Gasteiger partial charge < -0.3 is 15.4 Å². The molecule has 5 aromatic rings. The number of ether oxygens (including phenoxy) is 1. The number of benzene rings is 2. The van der Waals surface area contributed by atoms with Gasteiger partial charge in [0.2, 0.25) is 5.91 Å². The molecule has 0 radical (unpaired) electrons. The largest absolute Gasteiger partial charge is 0.455 e. The van der Waals surface area contributed by atoms with Crippen LogP contribution in [0, 0.1) is 6.92 Å². The van der Waals surface area contributed by atoms with Crippen molar-refractivity contribution in [1.29, 1.82) is 0 Å². The third kappa shape index (κ3) is 5.34. The molecule has 40 heavy (non-hydrogen) atoms. The summed E-state index contributed by atoms with van der Waals surface area (Å²) in [6.07, 6.45) is 10.8. The molecule has 1 aliphatic rings. The zero-order valence-corrected chi connectivity index (χ0v) is 22.6. The van der Waals surface area contributed by atoms with Crippen molar-refractivity contribution in [3.8, 4) is 11.5 Å². The van der Waals surface area contributed by atoms with Crippen LogP contribution in [0.3, 0.4) is 0 Å². The van der Waals surface area contributed by atoms with E-state index in [4.69, 9.17) is 4.74 Å². The maximum atomic E-state index is 12.6. The Kier molecular flexibility index (Phi) is 6.83. The number of carbonyl (C=O) groups is 1. The monoisotopic (exact) mass is 534 g/mol. The van der Waals surface area contributed by atoms with Crippen molar-refractivity contribution in [3.05, 3.63) is 78.9 Å². The van der Waals surface area contributed by atoms with E-state index in [1.54, 1.807) is 23.2 Å². The summed E-state index contributed by atoms with van der Waals surface area (Å²) >= 11 is 0. The van der Waals surface area contributed by atoms with Gasteiger partial charge in [-0.05, 0) is 81.4 Å². The molecule has 1 amide bonds. The molecule has 1 saturated heterocycles. The summed E-state index contributed by atoms with van der Waals surface area (Å²) < 4.78 is 7.84. The van der Waals surface area contributed by atoms with E-state index in [-0.39, 0.29) is 5.91 Å². The predicted molar refractivity (Wildman–Crippen MR) is 156 cm³/mol. The van der Waals surface area contributed by atoms with E-state index >= 15 is 0 Å². The first-order chi connectivity index (χ1) is 19.4. The minimum absolute atomic E-state index is 0.157. The van der Waals surface area contributed by atoms with Crippen LogP contribution in [0.4, 0.5) is 17.2 Å². The van der Waals surface area contributed by atoms with Gasteiger partial charge in [0.25, 0.3) is 0 Å². The molecule has 1 unspecified atom stereocenters. The minimum atomic E-state index is -0.157. The molecule has 3 aromatic heterocycles. The molecule has 4 heterocycles. The van der Waals surface area contributed by atoms with Crippen LogP contribution >= 0.6 is 0 Å². The summed E-state index contributed by atoms with van der Waals surface area (Å²) in [6.45, 7) is 3.05. The molecule has 6 rings (SSSR count). The molecule has 2 aromatic carbocycles. The molecule has 1 fully saturated rings. The van der Waals surface area contributed by atoms with Crippen LogP contribution in [-0.2, 0) is 11.8 Å². The number of carbonyl (C=O) groups excluding carboxylic acids is 1. The summed E-state index contributed by atoms with van der Waals surface area (Å²) in [6, 6.07) is 13.7. The summed E-state index contributed by atoms with van der Waals surface area (Å²) in [7, 11) is 3.94. The Morgan fingerprint density at radius 3 is 2.75 bits per heavy atom. The van der Waals surface area contributed by atoms with Gasteiger partial charge in [0.05, 0.1) is 17.9 Å². The number of anilines is 3. The van der Waals surface area contributed by atoms with Gasteiger partial charge in [-0.15, -0.1) is 0 Å². The average molecular weight is 535 g/mol. The second-order valence-corrected chi connectivity index (χ2v) is 10.1. The predicted octanol–water partition coefficient (Wildman–Crippen LogP) is 5.34. The van der Waals surface area contributed by atoms with Crippen LogP contribution in [0.1, 0.15) is 18.4 Å². The molecule has 2 N–H and O–H groups in total. The van der Waals surface area contributed by atoms with Crippen LogP contribution in [0.15, 0.2) is 73.3 Å². The van der Waals surface area contributed by atoms with Crippen LogP contribution in [0.2, 0.25) is 0 Å². The number of amides is 1. The number of aryl methyl sites for hydroxylation is 2. The molecule has 0 bridgehead atoms. The number of likely N-dealkylation sites (N-methyl/N-ethyl adjacent to an activating group) is 1. The first-order valence-corrected chi connectivity index (χ1v) is 13.2. The maximum absolute atomic E-state index is 12.6. The van der Waals surface area contributed by atoms with Crippen molar-refractivity contribution in [3.63, 3.8) is 0 Å². The molecule has 10 nitrogen and oxygen atoms in total. The van der Waals surface area contributed by atoms with E-state index in [0.29, 0.717) is 23.3 Å². The standard InChI is InChI=1S/C30H30N8O2/c1-19-13-21(7-10-27(19)40-24-14-20-16-34-38(3)30(20)31-17-24)36-29-25-15-22(6-9-26(25)32-18-33-29)35-28(39)11-8-23-5-4-12-37(23)2/h6-11,13-18,23H,4-5,12H2,1-3H3,(H,35,39)(H,32,33,36)/b11-8+. The molecular formula is C30H30N8O2. The fourth-order valence-corrected chi connectivity index (χ4v) is 4.98. The van der Waals surface area contributed by atoms with Crippen molar-refractivity contribution in [2.45, 2.75) is 25.8 Å². The van der Waals surface area contributed by atoms with Crippen molar-refractivity contribution in [2.75, 3.05) is 24.2 Å². The summed E-state index contributed by atoms with van der Waals surface area (Å²) in [5.74, 6) is 1.86. The molecule has 1 atom stereocenters. The summed E-state index contributed by atoms with van der Waals surface area (Å²) in [5.41, 5.74) is 4.05. The molecule has 0 spiro atoms. The van der Waals surface area contributed by atoms with Crippen LogP contribution in [-0.4, -0.2) is 55.2 Å². The van der Waals surface area contributed by atoms with Gasteiger partial charge in [-0.2, -0.15) is 5.10 Å². The zero-order chi connectivity index (χ0) is 27.6.